The maximum Gasteiger partial charge on any atom is 0.0554 e. The van der Waals surface area contributed by atoms with Crippen LogP contribution in [0.3, 0.4) is 0 Å². The third-order valence-corrected chi connectivity index (χ3v) is 4.45. The minimum atomic E-state index is 0.496. The van der Waals surface area contributed by atoms with Gasteiger partial charge in [0.15, 0.2) is 0 Å². The minimum absolute atomic E-state index is 0.496. The van der Waals surface area contributed by atoms with E-state index < -0.39 is 0 Å². The highest BCUT2D eigenvalue weighted by Crippen LogP contribution is 2.38. The molecule has 2 heteroatoms. The summed E-state index contributed by atoms with van der Waals surface area (Å²) >= 11 is 8.04. The van der Waals surface area contributed by atoms with Crippen LogP contribution in [-0.4, -0.2) is 0 Å². The molecule has 0 spiro atoms. The number of hydrogen-bond acceptors (Lipinski definition) is 1. The first-order chi connectivity index (χ1) is 7.58. The number of hydrogen-bond donors (Lipinski definition) is 0. The second kappa shape index (κ2) is 4.60. The van der Waals surface area contributed by atoms with E-state index in [9.17, 15) is 0 Å². The van der Waals surface area contributed by atoms with Crippen molar-refractivity contribution in [3.63, 3.8) is 0 Å². The Balaban J connectivity index is 2.45. The lowest BCUT2D eigenvalue weighted by molar-refractivity contribution is 0.890. The molecule has 1 heterocycles. The molecule has 1 aromatic carbocycles. The topological polar surface area (TPSA) is 0 Å². The molecule has 1 aromatic heterocycles. The number of halogens is 1. The Kier molecular flexibility index (Phi) is 3.36. The van der Waals surface area contributed by atoms with Crippen LogP contribution in [0.4, 0.5) is 0 Å². The summed E-state index contributed by atoms with van der Waals surface area (Å²) in [6, 6.07) is 10.6. The summed E-state index contributed by atoms with van der Waals surface area (Å²) in [6.45, 7) is 6.47. The Bertz CT molecular complexity index is 497. The van der Waals surface area contributed by atoms with Crippen molar-refractivity contribution < 1.29 is 0 Å². The maximum atomic E-state index is 6.24. The molecule has 0 aliphatic carbocycles. The van der Waals surface area contributed by atoms with Gasteiger partial charge in [-0.25, -0.2) is 0 Å². The van der Waals surface area contributed by atoms with Gasteiger partial charge in [-0.05, 0) is 24.5 Å². The van der Waals surface area contributed by atoms with Crippen molar-refractivity contribution in [2.24, 2.45) is 0 Å². The molecular weight excluding hydrogens is 236 g/mol. The zero-order valence-electron chi connectivity index (χ0n) is 9.75. The van der Waals surface area contributed by atoms with Crippen molar-refractivity contribution in [1.29, 1.82) is 0 Å². The van der Waals surface area contributed by atoms with Crippen LogP contribution in [0.15, 0.2) is 30.3 Å². The van der Waals surface area contributed by atoms with Gasteiger partial charge >= 0.3 is 0 Å². The highest BCUT2D eigenvalue weighted by atomic mass is 35.5. The van der Waals surface area contributed by atoms with Crippen LogP contribution < -0.4 is 0 Å². The largest absolute Gasteiger partial charge is 0.138 e. The molecule has 0 radical (unpaired) electrons. The van der Waals surface area contributed by atoms with Gasteiger partial charge in [-0.15, -0.1) is 11.3 Å². The summed E-state index contributed by atoms with van der Waals surface area (Å²) in [7, 11) is 0. The standard InChI is InChI=1S/C14H15ClS/c1-9(2)14-12(15)8-13(16-14)11-6-4-5-10(3)7-11/h4-9H,1-3H3. The Morgan fingerprint density at radius 1 is 1.19 bits per heavy atom. The molecule has 0 bridgehead atoms. The van der Waals surface area contributed by atoms with Crippen molar-refractivity contribution >= 4 is 22.9 Å². The van der Waals surface area contributed by atoms with Gasteiger partial charge in [-0.1, -0.05) is 55.3 Å². The second-order valence-electron chi connectivity index (χ2n) is 4.35. The molecule has 0 saturated carbocycles. The molecule has 0 aliphatic rings. The zero-order valence-corrected chi connectivity index (χ0v) is 11.3. The number of aryl methyl sites for hydroxylation is 1. The van der Waals surface area contributed by atoms with Crippen LogP contribution in [0.25, 0.3) is 10.4 Å². The fourth-order valence-corrected chi connectivity index (χ4v) is 3.28. The number of rotatable bonds is 2. The van der Waals surface area contributed by atoms with Gasteiger partial charge in [0.25, 0.3) is 0 Å². The lowest BCUT2D eigenvalue weighted by atomic mass is 10.1. The van der Waals surface area contributed by atoms with Crippen molar-refractivity contribution in [3.05, 3.63) is 45.8 Å². The van der Waals surface area contributed by atoms with E-state index >= 15 is 0 Å². The Morgan fingerprint density at radius 3 is 2.50 bits per heavy atom. The summed E-state index contributed by atoms with van der Waals surface area (Å²) in [5.41, 5.74) is 2.55. The van der Waals surface area contributed by atoms with E-state index in [1.54, 1.807) is 11.3 Å². The van der Waals surface area contributed by atoms with Crippen LogP contribution in [0.2, 0.25) is 5.02 Å². The minimum Gasteiger partial charge on any atom is -0.138 e. The van der Waals surface area contributed by atoms with Crippen molar-refractivity contribution in [2.45, 2.75) is 26.7 Å². The maximum absolute atomic E-state index is 6.24. The normalized spacial score (nSPS) is 11.1. The lowest BCUT2D eigenvalue weighted by Gasteiger charge is -2.00. The van der Waals surface area contributed by atoms with E-state index in [2.05, 4.69) is 51.1 Å². The molecule has 0 saturated heterocycles. The fourth-order valence-electron chi connectivity index (χ4n) is 1.72. The molecule has 0 N–H and O–H groups in total. The number of thiophene rings is 1. The van der Waals surface area contributed by atoms with Gasteiger partial charge in [0.1, 0.15) is 0 Å². The fraction of sp³-hybridized carbons (Fsp3) is 0.286. The Labute approximate surface area is 106 Å². The molecule has 2 rings (SSSR count). The molecule has 2 aromatic rings. The lowest BCUT2D eigenvalue weighted by Crippen LogP contribution is -1.79. The quantitative estimate of drug-likeness (QED) is 0.660. The molecule has 0 atom stereocenters. The van der Waals surface area contributed by atoms with Gasteiger partial charge in [0.05, 0.1) is 5.02 Å². The van der Waals surface area contributed by atoms with Gasteiger partial charge in [-0.2, -0.15) is 0 Å². The van der Waals surface area contributed by atoms with Crippen molar-refractivity contribution in [2.75, 3.05) is 0 Å². The van der Waals surface area contributed by atoms with E-state index in [0.717, 1.165) is 5.02 Å². The Hall–Kier alpha value is -0.790. The first-order valence-corrected chi connectivity index (χ1v) is 6.63. The smallest absolute Gasteiger partial charge is 0.0554 e. The predicted octanol–water partition coefficient (Wildman–Crippen LogP) is 5.50. The van der Waals surface area contributed by atoms with Gasteiger partial charge in [0.2, 0.25) is 0 Å². The first kappa shape index (κ1) is 11.7. The summed E-state index contributed by atoms with van der Waals surface area (Å²) in [4.78, 5) is 2.54. The first-order valence-electron chi connectivity index (χ1n) is 5.44. The average Bonchev–Trinajstić information content (AvgIpc) is 2.60. The highest BCUT2D eigenvalue weighted by molar-refractivity contribution is 7.16. The summed E-state index contributed by atoms with van der Waals surface area (Å²) in [5, 5.41) is 0.900. The molecule has 0 unspecified atom stereocenters. The molecule has 0 aliphatic heterocycles. The van der Waals surface area contributed by atoms with Crippen molar-refractivity contribution in [3.8, 4) is 10.4 Å². The summed E-state index contributed by atoms with van der Waals surface area (Å²) < 4.78 is 0. The van der Waals surface area contributed by atoms with Gasteiger partial charge in [-0.3, -0.25) is 0 Å². The van der Waals surface area contributed by atoms with E-state index in [4.69, 9.17) is 11.6 Å². The monoisotopic (exact) mass is 250 g/mol. The molecule has 84 valence electrons. The average molecular weight is 251 g/mol. The van der Waals surface area contributed by atoms with Crippen LogP contribution in [0.1, 0.15) is 30.2 Å². The third-order valence-electron chi connectivity index (χ3n) is 2.54. The van der Waals surface area contributed by atoms with Crippen LogP contribution >= 0.6 is 22.9 Å². The SMILES string of the molecule is Cc1cccc(-c2cc(Cl)c(C(C)C)s2)c1. The van der Waals surface area contributed by atoms with Crippen molar-refractivity contribution in [1.82, 2.24) is 0 Å². The second-order valence-corrected chi connectivity index (χ2v) is 5.84. The van der Waals surface area contributed by atoms with E-state index in [0.29, 0.717) is 5.92 Å². The van der Waals surface area contributed by atoms with Crippen LogP contribution in [0, 0.1) is 6.92 Å². The highest BCUT2D eigenvalue weighted by Gasteiger charge is 2.11. The molecule has 0 fully saturated rings. The van der Waals surface area contributed by atoms with Crippen LogP contribution in [0.5, 0.6) is 0 Å². The van der Waals surface area contributed by atoms with Crippen LogP contribution in [-0.2, 0) is 0 Å². The number of benzene rings is 1. The van der Waals surface area contributed by atoms with Gasteiger partial charge < -0.3 is 0 Å². The van der Waals surface area contributed by atoms with Gasteiger partial charge in [0, 0.05) is 9.75 Å². The third kappa shape index (κ3) is 2.31. The van der Waals surface area contributed by atoms with E-state index in [-0.39, 0.29) is 0 Å². The Morgan fingerprint density at radius 2 is 1.94 bits per heavy atom. The molecule has 0 amide bonds. The summed E-state index contributed by atoms with van der Waals surface area (Å²) in [5.74, 6) is 0.496. The summed E-state index contributed by atoms with van der Waals surface area (Å²) in [6.07, 6.45) is 0. The van der Waals surface area contributed by atoms with E-state index in [1.807, 2.05) is 0 Å². The molecule has 16 heavy (non-hydrogen) atoms. The molecular formula is C14H15ClS. The predicted molar refractivity (Wildman–Crippen MR) is 73.6 cm³/mol. The zero-order chi connectivity index (χ0) is 11.7. The molecule has 0 nitrogen and oxygen atoms in total. The van der Waals surface area contributed by atoms with E-state index in [1.165, 1.54) is 20.9 Å².